The van der Waals surface area contributed by atoms with Gasteiger partial charge in [0.1, 0.15) is 12.0 Å². The Kier molecular flexibility index (Phi) is 4.57. The number of piperidine rings is 1. The quantitative estimate of drug-likeness (QED) is 0.540. The molecule has 3 heterocycles. The molecule has 0 saturated carbocycles. The van der Waals surface area contributed by atoms with E-state index < -0.39 is 4.92 Å². The van der Waals surface area contributed by atoms with Crippen LogP contribution in [0.15, 0.2) is 16.7 Å². The number of anilines is 1. The van der Waals surface area contributed by atoms with Crippen molar-refractivity contribution in [3.8, 4) is 0 Å². The lowest BCUT2D eigenvalue weighted by Crippen LogP contribution is -2.43. The molecule has 1 aromatic rings. The lowest BCUT2D eigenvalue weighted by atomic mass is 9.88. The average molecular weight is 371 g/mol. The van der Waals surface area contributed by atoms with Crippen LogP contribution in [0.3, 0.4) is 0 Å². The van der Waals surface area contributed by atoms with Crippen LogP contribution in [-0.2, 0) is 0 Å². The van der Waals surface area contributed by atoms with E-state index in [1.165, 1.54) is 12.3 Å². The van der Waals surface area contributed by atoms with Crippen LogP contribution in [0.1, 0.15) is 19.3 Å². The second-order valence-electron chi connectivity index (χ2n) is 5.82. The van der Waals surface area contributed by atoms with E-state index in [2.05, 4.69) is 36.7 Å². The van der Waals surface area contributed by atoms with E-state index in [-0.39, 0.29) is 11.9 Å². The molecule has 0 amide bonds. The Morgan fingerprint density at radius 1 is 1.41 bits per heavy atom. The number of aromatic nitrogens is 1. The minimum atomic E-state index is -0.435. The highest BCUT2D eigenvalue weighted by Crippen LogP contribution is 2.32. The maximum absolute atomic E-state index is 10.8. The molecule has 1 aromatic heterocycles. The van der Waals surface area contributed by atoms with E-state index in [0.29, 0.717) is 16.4 Å². The highest BCUT2D eigenvalue weighted by atomic mass is 79.9. The Hall–Kier alpha value is -1.29. The van der Waals surface area contributed by atoms with Gasteiger partial charge in [-0.05, 0) is 41.1 Å². The summed E-state index contributed by atoms with van der Waals surface area (Å²) in [4.78, 5) is 16.8. The standard InChI is InChI=1S/C13H19BrN6O2/c14-10-5-9(20(21)22)7-16-13(10)19-3-1-8(2-4-19)11-6-12(15)18-17-11/h5,7-8,11-12,17-18H,1-4,6,15H2. The van der Waals surface area contributed by atoms with Gasteiger partial charge < -0.3 is 10.6 Å². The Bertz CT molecular complexity index is 563. The third-order valence-corrected chi connectivity index (χ3v) is 4.97. The van der Waals surface area contributed by atoms with Crippen molar-refractivity contribution in [2.24, 2.45) is 11.7 Å². The third-order valence-electron chi connectivity index (χ3n) is 4.39. The number of pyridine rings is 1. The SMILES string of the molecule is NC1CC(C2CCN(c3ncc([N+](=O)[O-])cc3Br)CC2)NN1. The zero-order valence-corrected chi connectivity index (χ0v) is 13.6. The number of halogens is 1. The smallest absolute Gasteiger partial charge is 0.288 e. The minimum Gasteiger partial charge on any atom is -0.356 e. The summed E-state index contributed by atoms with van der Waals surface area (Å²) < 4.78 is 0.669. The Labute approximate surface area is 136 Å². The van der Waals surface area contributed by atoms with Gasteiger partial charge in [-0.3, -0.25) is 15.5 Å². The summed E-state index contributed by atoms with van der Waals surface area (Å²) in [6.07, 6.45) is 4.40. The Morgan fingerprint density at radius 2 is 2.14 bits per heavy atom. The largest absolute Gasteiger partial charge is 0.356 e. The fourth-order valence-electron chi connectivity index (χ4n) is 3.18. The number of rotatable bonds is 3. The maximum Gasteiger partial charge on any atom is 0.288 e. The highest BCUT2D eigenvalue weighted by molar-refractivity contribution is 9.10. The second kappa shape index (κ2) is 6.45. The first kappa shape index (κ1) is 15.6. The number of hydrogen-bond acceptors (Lipinski definition) is 7. The van der Waals surface area contributed by atoms with Crippen molar-refractivity contribution < 1.29 is 4.92 Å². The number of hydrazine groups is 1. The van der Waals surface area contributed by atoms with Gasteiger partial charge in [0.25, 0.3) is 5.69 Å². The number of hydrogen-bond donors (Lipinski definition) is 3. The summed E-state index contributed by atoms with van der Waals surface area (Å²) in [6.45, 7) is 1.78. The van der Waals surface area contributed by atoms with Crippen LogP contribution in [0.5, 0.6) is 0 Å². The molecule has 0 aromatic carbocycles. The number of nitrogens with two attached hydrogens (primary N) is 1. The first-order valence-corrected chi connectivity index (χ1v) is 8.15. The summed E-state index contributed by atoms with van der Waals surface area (Å²) in [5.41, 5.74) is 12.2. The molecule has 2 fully saturated rings. The minimum absolute atomic E-state index is 0.000675. The summed E-state index contributed by atoms with van der Waals surface area (Å²) in [5, 5.41) is 10.8. The second-order valence-corrected chi connectivity index (χ2v) is 6.67. The zero-order chi connectivity index (χ0) is 15.7. The molecule has 0 bridgehead atoms. The fourth-order valence-corrected chi connectivity index (χ4v) is 3.77. The summed E-state index contributed by atoms with van der Waals surface area (Å²) in [5.74, 6) is 1.37. The van der Waals surface area contributed by atoms with E-state index in [0.717, 1.165) is 38.2 Å². The molecule has 4 N–H and O–H groups in total. The lowest BCUT2D eigenvalue weighted by molar-refractivity contribution is -0.385. The van der Waals surface area contributed by atoms with E-state index in [1.807, 2.05) is 0 Å². The van der Waals surface area contributed by atoms with Crippen molar-refractivity contribution in [2.75, 3.05) is 18.0 Å². The van der Waals surface area contributed by atoms with Crippen molar-refractivity contribution in [2.45, 2.75) is 31.5 Å². The Balaban J connectivity index is 1.63. The number of nitro groups is 1. The van der Waals surface area contributed by atoms with Crippen LogP contribution in [0.2, 0.25) is 0 Å². The molecule has 2 unspecified atom stereocenters. The van der Waals surface area contributed by atoms with Gasteiger partial charge in [0, 0.05) is 25.2 Å². The number of nitrogens with one attached hydrogen (secondary N) is 2. The molecule has 2 saturated heterocycles. The summed E-state index contributed by atoms with van der Waals surface area (Å²) in [6, 6.07) is 1.93. The van der Waals surface area contributed by atoms with Gasteiger partial charge in [-0.15, -0.1) is 0 Å². The molecular weight excluding hydrogens is 352 g/mol. The molecule has 2 atom stereocenters. The summed E-state index contributed by atoms with van der Waals surface area (Å²) >= 11 is 3.39. The predicted octanol–water partition coefficient (Wildman–Crippen LogP) is 1.12. The van der Waals surface area contributed by atoms with Crippen LogP contribution >= 0.6 is 15.9 Å². The van der Waals surface area contributed by atoms with E-state index in [1.54, 1.807) is 0 Å². The zero-order valence-electron chi connectivity index (χ0n) is 12.0. The maximum atomic E-state index is 10.8. The van der Waals surface area contributed by atoms with Gasteiger partial charge in [-0.25, -0.2) is 10.4 Å². The van der Waals surface area contributed by atoms with Crippen molar-refractivity contribution in [3.05, 3.63) is 26.9 Å². The first-order chi connectivity index (χ1) is 10.5. The van der Waals surface area contributed by atoms with Crippen molar-refractivity contribution in [1.82, 2.24) is 15.8 Å². The third kappa shape index (κ3) is 3.22. The van der Waals surface area contributed by atoms with Gasteiger partial charge in [0.2, 0.25) is 0 Å². The molecule has 3 rings (SSSR count). The van der Waals surface area contributed by atoms with Crippen LogP contribution in [0.4, 0.5) is 11.5 Å². The normalized spacial score (nSPS) is 26.4. The topological polar surface area (TPSA) is 109 Å². The number of nitrogens with zero attached hydrogens (tertiary/aromatic N) is 3. The van der Waals surface area contributed by atoms with Crippen LogP contribution in [0.25, 0.3) is 0 Å². The van der Waals surface area contributed by atoms with Gasteiger partial charge in [0.15, 0.2) is 0 Å². The lowest BCUT2D eigenvalue weighted by Gasteiger charge is -2.35. The van der Waals surface area contributed by atoms with E-state index in [9.17, 15) is 10.1 Å². The average Bonchev–Trinajstić information content (AvgIpc) is 2.94. The van der Waals surface area contributed by atoms with Gasteiger partial charge in [0.05, 0.1) is 15.6 Å². The van der Waals surface area contributed by atoms with E-state index >= 15 is 0 Å². The monoisotopic (exact) mass is 370 g/mol. The molecule has 9 heteroatoms. The van der Waals surface area contributed by atoms with Crippen LogP contribution in [-0.4, -0.2) is 35.2 Å². The fraction of sp³-hybridized carbons (Fsp3) is 0.615. The van der Waals surface area contributed by atoms with E-state index in [4.69, 9.17) is 5.73 Å². The molecular formula is C13H19BrN6O2. The van der Waals surface area contributed by atoms with Crippen molar-refractivity contribution in [1.29, 1.82) is 0 Å². The van der Waals surface area contributed by atoms with Gasteiger partial charge in [-0.1, -0.05) is 0 Å². The molecule has 2 aliphatic rings. The van der Waals surface area contributed by atoms with Gasteiger partial charge in [-0.2, -0.15) is 0 Å². The molecule has 0 spiro atoms. The molecule has 8 nitrogen and oxygen atoms in total. The van der Waals surface area contributed by atoms with Crippen molar-refractivity contribution in [3.63, 3.8) is 0 Å². The Morgan fingerprint density at radius 3 is 2.68 bits per heavy atom. The van der Waals surface area contributed by atoms with Crippen LogP contribution in [0, 0.1) is 16.0 Å². The highest BCUT2D eigenvalue weighted by Gasteiger charge is 2.32. The molecule has 2 aliphatic heterocycles. The first-order valence-electron chi connectivity index (χ1n) is 7.36. The molecule has 22 heavy (non-hydrogen) atoms. The molecule has 0 radical (unpaired) electrons. The molecule has 0 aliphatic carbocycles. The van der Waals surface area contributed by atoms with Crippen LogP contribution < -0.4 is 21.5 Å². The molecule has 120 valence electrons. The predicted molar refractivity (Wildman–Crippen MR) is 86.2 cm³/mol. The van der Waals surface area contributed by atoms with Gasteiger partial charge >= 0.3 is 0 Å². The van der Waals surface area contributed by atoms with Crippen molar-refractivity contribution >= 4 is 27.4 Å². The summed E-state index contributed by atoms with van der Waals surface area (Å²) in [7, 11) is 0.